The van der Waals surface area contributed by atoms with E-state index < -0.39 is 23.6 Å². The van der Waals surface area contributed by atoms with Gasteiger partial charge < -0.3 is 5.32 Å². The highest BCUT2D eigenvalue weighted by Crippen LogP contribution is 2.47. The van der Waals surface area contributed by atoms with Crippen molar-refractivity contribution in [2.24, 2.45) is 0 Å². The van der Waals surface area contributed by atoms with Crippen LogP contribution in [0, 0.1) is 12.7 Å². The van der Waals surface area contributed by atoms with Crippen LogP contribution in [-0.4, -0.2) is 15.7 Å². The van der Waals surface area contributed by atoms with Gasteiger partial charge in [-0.1, -0.05) is 6.07 Å². The summed E-state index contributed by atoms with van der Waals surface area (Å²) in [7, 11) is 0. The zero-order valence-electron chi connectivity index (χ0n) is 13.8. The number of anilines is 1. The molecule has 1 aromatic carbocycles. The number of benzene rings is 1. The summed E-state index contributed by atoms with van der Waals surface area (Å²) >= 11 is 3.00. The largest absolute Gasteiger partial charge is 0.436 e. The fourth-order valence-corrected chi connectivity index (χ4v) is 3.54. The van der Waals surface area contributed by atoms with Crippen LogP contribution < -0.4 is 5.32 Å². The molecule has 140 valence electrons. The Morgan fingerprint density at radius 2 is 2.08 bits per heavy atom. The summed E-state index contributed by atoms with van der Waals surface area (Å²) in [6.07, 6.45) is -3.09. The van der Waals surface area contributed by atoms with Crippen LogP contribution in [0.25, 0.3) is 0 Å². The number of alkyl halides is 3. The van der Waals surface area contributed by atoms with Crippen molar-refractivity contribution in [3.05, 3.63) is 45.4 Å². The molecule has 1 amide bonds. The van der Waals surface area contributed by atoms with Crippen LogP contribution in [0.4, 0.5) is 23.2 Å². The topological polar surface area (TPSA) is 46.9 Å². The average Bonchev–Trinajstić information content (AvgIpc) is 3.31. The van der Waals surface area contributed by atoms with Gasteiger partial charge in [-0.25, -0.2) is 4.39 Å². The van der Waals surface area contributed by atoms with E-state index in [9.17, 15) is 22.4 Å². The number of aromatic nitrogens is 2. The van der Waals surface area contributed by atoms with Crippen LogP contribution in [0.3, 0.4) is 0 Å². The van der Waals surface area contributed by atoms with E-state index in [1.54, 1.807) is 13.0 Å². The molecular weight excluding hydrogens is 418 g/mol. The van der Waals surface area contributed by atoms with Crippen LogP contribution in [-0.2, 0) is 17.5 Å². The summed E-state index contributed by atoms with van der Waals surface area (Å²) in [6, 6.07) is 4.32. The minimum absolute atomic E-state index is 0.0141. The van der Waals surface area contributed by atoms with Crippen LogP contribution in [0.15, 0.2) is 22.7 Å². The minimum Gasteiger partial charge on any atom is -0.324 e. The van der Waals surface area contributed by atoms with Crippen LogP contribution in [0.5, 0.6) is 0 Å². The van der Waals surface area contributed by atoms with Crippen molar-refractivity contribution in [3.63, 3.8) is 0 Å². The second-order valence-electron chi connectivity index (χ2n) is 6.32. The molecule has 0 aliphatic heterocycles. The molecule has 2 aromatic rings. The van der Waals surface area contributed by atoms with E-state index >= 15 is 0 Å². The molecule has 0 bridgehead atoms. The van der Waals surface area contributed by atoms with Crippen molar-refractivity contribution in [1.29, 1.82) is 0 Å². The number of carbonyl (C=O) groups is 1. The van der Waals surface area contributed by atoms with Gasteiger partial charge in [-0.3, -0.25) is 9.48 Å². The third kappa shape index (κ3) is 4.08. The lowest BCUT2D eigenvalue weighted by Gasteiger charge is -2.09. The highest BCUT2D eigenvalue weighted by atomic mass is 79.9. The molecule has 0 spiro atoms. The van der Waals surface area contributed by atoms with Crippen LogP contribution in [0.1, 0.15) is 42.1 Å². The van der Waals surface area contributed by atoms with Gasteiger partial charge in [0.15, 0.2) is 5.69 Å². The first-order valence-electron chi connectivity index (χ1n) is 8.06. The predicted octanol–water partition coefficient (Wildman–Crippen LogP) is 5.02. The van der Waals surface area contributed by atoms with E-state index in [1.807, 2.05) is 0 Å². The molecule has 1 aliphatic carbocycles. The zero-order chi connectivity index (χ0) is 19.1. The van der Waals surface area contributed by atoms with Gasteiger partial charge in [-0.15, -0.1) is 0 Å². The van der Waals surface area contributed by atoms with Gasteiger partial charge in [0.05, 0.1) is 22.4 Å². The monoisotopic (exact) mass is 433 g/mol. The van der Waals surface area contributed by atoms with Crippen molar-refractivity contribution in [2.45, 2.75) is 44.8 Å². The molecule has 4 nitrogen and oxygen atoms in total. The third-order valence-electron chi connectivity index (χ3n) is 4.11. The Labute approximate surface area is 155 Å². The van der Waals surface area contributed by atoms with Crippen molar-refractivity contribution in [3.8, 4) is 0 Å². The Balaban J connectivity index is 1.73. The number of hydrogen-bond acceptors (Lipinski definition) is 2. The number of hydrogen-bond donors (Lipinski definition) is 1. The number of carbonyl (C=O) groups excluding carboxylic acids is 1. The number of rotatable bonds is 5. The van der Waals surface area contributed by atoms with E-state index in [-0.39, 0.29) is 29.0 Å². The van der Waals surface area contributed by atoms with Gasteiger partial charge in [0.25, 0.3) is 0 Å². The highest BCUT2D eigenvalue weighted by Gasteiger charge is 2.41. The molecule has 0 radical (unpaired) electrons. The summed E-state index contributed by atoms with van der Waals surface area (Å²) in [5, 5.41) is 6.09. The lowest BCUT2D eigenvalue weighted by molar-refractivity contribution is -0.142. The number of halogens is 5. The van der Waals surface area contributed by atoms with Gasteiger partial charge in [0.2, 0.25) is 5.91 Å². The van der Waals surface area contributed by atoms with Crippen molar-refractivity contribution < 1.29 is 22.4 Å². The molecular formula is C17H16BrF4N3O. The molecule has 0 unspecified atom stereocenters. The molecule has 26 heavy (non-hydrogen) atoms. The predicted molar refractivity (Wildman–Crippen MR) is 91.3 cm³/mol. The molecule has 0 saturated heterocycles. The second kappa shape index (κ2) is 7.02. The van der Waals surface area contributed by atoms with Crippen molar-refractivity contribution in [1.82, 2.24) is 9.78 Å². The molecule has 3 rings (SSSR count). The fraction of sp³-hybridized carbons (Fsp3) is 0.412. The minimum atomic E-state index is -4.57. The van der Waals surface area contributed by atoms with E-state index in [4.69, 9.17) is 0 Å². The maximum absolute atomic E-state index is 13.7. The van der Waals surface area contributed by atoms with E-state index in [1.165, 1.54) is 16.8 Å². The van der Waals surface area contributed by atoms with Crippen molar-refractivity contribution >= 4 is 27.5 Å². The van der Waals surface area contributed by atoms with E-state index in [0.29, 0.717) is 5.69 Å². The van der Waals surface area contributed by atoms with Crippen molar-refractivity contribution in [2.75, 3.05) is 5.32 Å². The SMILES string of the molecule is Cc1ccc(F)c(NC(=O)CCn2nc(C(F)(F)F)c(Br)c2C2CC2)c1. The lowest BCUT2D eigenvalue weighted by atomic mass is 10.2. The standard InChI is InChI=1S/C17H16BrF4N3O/c1-9-2-5-11(19)12(8-9)23-13(26)6-7-25-15(10-3-4-10)14(18)16(24-25)17(20,21)22/h2,5,8,10H,3-4,6-7H2,1H3,(H,23,26). The fourth-order valence-electron chi connectivity index (χ4n) is 2.71. The first-order valence-corrected chi connectivity index (χ1v) is 8.85. The van der Waals surface area contributed by atoms with Gasteiger partial charge >= 0.3 is 6.18 Å². The number of aryl methyl sites for hydroxylation is 2. The van der Waals surface area contributed by atoms with Gasteiger partial charge in [0.1, 0.15) is 5.82 Å². The van der Waals surface area contributed by atoms with Gasteiger partial charge in [-0.05, 0) is 53.4 Å². The normalized spacial score (nSPS) is 14.5. The van der Waals surface area contributed by atoms with Gasteiger partial charge in [-0.2, -0.15) is 18.3 Å². The summed E-state index contributed by atoms with van der Waals surface area (Å²) in [4.78, 5) is 12.1. The first-order chi connectivity index (χ1) is 12.2. The second-order valence-corrected chi connectivity index (χ2v) is 7.12. The van der Waals surface area contributed by atoms with Gasteiger partial charge in [0, 0.05) is 12.3 Å². The third-order valence-corrected chi connectivity index (χ3v) is 4.89. The molecule has 1 saturated carbocycles. The maximum atomic E-state index is 13.7. The average molecular weight is 434 g/mol. The zero-order valence-corrected chi connectivity index (χ0v) is 15.4. The molecule has 0 atom stereocenters. The summed E-state index contributed by atoms with van der Waals surface area (Å²) in [5.41, 5.74) is 0.315. The number of nitrogens with one attached hydrogen (secondary N) is 1. The molecule has 1 heterocycles. The molecule has 1 aliphatic rings. The summed E-state index contributed by atoms with van der Waals surface area (Å²) in [5.74, 6) is -1.04. The van der Waals surface area contributed by atoms with Crippen LogP contribution >= 0.6 is 15.9 Å². The highest BCUT2D eigenvalue weighted by molar-refractivity contribution is 9.10. The smallest absolute Gasteiger partial charge is 0.324 e. The molecule has 1 N–H and O–H groups in total. The maximum Gasteiger partial charge on any atom is 0.436 e. The Morgan fingerprint density at radius 3 is 2.69 bits per heavy atom. The van der Waals surface area contributed by atoms with E-state index in [2.05, 4.69) is 26.3 Å². The molecule has 9 heteroatoms. The Bertz CT molecular complexity index is 843. The number of amides is 1. The summed E-state index contributed by atoms with van der Waals surface area (Å²) < 4.78 is 54.1. The quantitative estimate of drug-likeness (QED) is 0.673. The first kappa shape index (κ1) is 18.9. The Kier molecular flexibility index (Phi) is 5.09. The molecule has 1 aromatic heterocycles. The lowest BCUT2D eigenvalue weighted by Crippen LogP contribution is -2.17. The number of nitrogens with zero attached hydrogens (tertiary/aromatic N) is 2. The summed E-state index contributed by atoms with van der Waals surface area (Å²) in [6.45, 7) is 1.75. The Morgan fingerprint density at radius 1 is 1.38 bits per heavy atom. The van der Waals surface area contributed by atoms with Crippen LogP contribution in [0.2, 0.25) is 0 Å². The Hall–Kier alpha value is -1.90. The van der Waals surface area contributed by atoms with E-state index in [0.717, 1.165) is 18.4 Å². The molecule has 1 fully saturated rings.